The monoisotopic (exact) mass is 531 g/mol. The van der Waals surface area contributed by atoms with E-state index in [9.17, 15) is 10.2 Å². The van der Waals surface area contributed by atoms with Crippen molar-refractivity contribution in [3.63, 3.8) is 0 Å². The van der Waals surface area contributed by atoms with E-state index in [1.54, 1.807) is 7.11 Å². The van der Waals surface area contributed by atoms with E-state index < -0.39 is 30.6 Å². The Morgan fingerprint density at radius 2 is 2.14 bits per heavy atom. The molecule has 1 fully saturated rings. The zero-order valence-electron chi connectivity index (χ0n) is 15.3. The summed E-state index contributed by atoms with van der Waals surface area (Å²) in [7, 11) is 1.55. The van der Waals surface area contributed by atoms with Gasteiger partial charge in [0.1, 0.15) is 23.8 Å². The van der Waals surface area contributed by atoms with Gasteiger partial charge in [-0.15, -0.1) is 0 Å². The van der Waals surface area contributed by atoms with Crippen LogP contribution in [0.2, 0.25) is 5.28 Å². The Morgan fingerprint density at radius 1 is 1.34 bits per heavy atom. The van der Waals surface area contributed by atoms with Crippen LogP contribution in [0.15, 0.2) is 30.6 Å². The molecule has 0 amide bonds. The minimum atomic E-state index is -1.22. The van der Waals surface area contributed by atoms with Crippen LogP contribution in [-0.2, 0) is 15.9 Å². The molecule has 2 aromatic heterocycles. The van der Waals surface area contributed by atoms with Crippen molar-refractivity contribution >= 4 is 51.2 Å². The van der Waals surface area contributed by atoms with Crippen LogP contribution in [0.4, 0.5) is 5.82 Å². The molecule has 1 aliphatic heterocycles. The summed E-state index contributed by atoms with van der Waals surface area (Å²) >= 11 is 8.15. The summed E-state index contributed by atoms with van der Waals surface area (Å²) in [5, 5.41) is 21.3. The summed E-state index contributed by atoms with van der Waals surface area (Å²) in [5.41, 5.74) is 7.53. The zero-order chi connectivity index (χ0) is 20.7. The number of ether oxygens (including phenoxy) is 2. The number of hydrogen-bond acceptors (Lipinski definition) is 8. The Kier molecular flexibility index (Phi) is 5.91. The quantitative estimate of drug-likeness (QED) is 0.334. The second-order valence-corrected chi connectivity index (χ2v) is 8.37. The molecule has 0 bridgehead atoms. The van der Waals surface area contributed by atoms with E-state index in [1.807, 2.05) is 24.3 Å². The van der Waals surface area contributed by atoms with Crippen molar-refractivity contribution in [2.75, 3.05) is 12.8 Å². The fourth-order valence-electron chi connectivity index (χ4n) is 3.55. The minimum absolute atomic E-state index is 0.0465. The first kappa shape index (κ1) is 20.7. The fraction of sp³-hybridized carbons (Fsp3) is 0.389. The maximum absolute atomic E-state index is 10.7. The summed E-state index contributed by atoms with van der Waals surface area (Å²) in [5.74, 6) is 0.122. The highest BCUT2D eigenvalue weighted by Crippen LogP contribution is 2.35. The highest BCUT2D eigenvalue weighted by molar-refractivity contribution is 14.1. The lowest BCUT2D eigenvalue weighted by molar-refractivity contribution is -0.0951. The average Bonchev–Trinajstić information content (AvgIpc) is 3.22. The third-order valence-electron chi connectivity index (χ3n) is 4.97. The zero-order valence-corrected chi connectivity index (χ0v) is 18.2. The standard InChI is InChI=1S/C18H19ClIN5O4/c1-28-10(6-8-3-2-4-9(20)5-8)14-12(26)13(27)17(29-14)25-7-22-11-15(21)23-18(19)24-16(11)25/h2-5,7,10,12-14,17,26-27H,6H2,1H3,(H2,21,23,24)/t10?,12-,13+,14+,17+/m0/s1. The molecule has 0 radical (unpaired) electrons. The van der Waals surface area contributed by atoms with Crippen molar-refractivity contribution in [3.05, 3.63) is 45.0 Å². The normalized spacial score (nSPS) is 25.6. The SMILES string of the molecule is COC(Cc1cccc(I)c1)[C@H]1O[C@@H](n2cnc3c(N)nc(Cl)nc32)[C@H](O)[C@@H]1O. The van der Waals surface area contributed by atoms with Gasteiger partial charge < -0.3 is 25.4 Å². The van der Waals surface area contributed by atoms with E-state index in [1.165, 1.54) is 10.9 Å². The van der Waals surface area contributed by atoms with Crippen LogP contribution < -0.4 is 5.73 Å². The van der Waals surface area contributed by atoms with E-state index >= 15 is 0 Å². The molecule has 1 saturated heterocycles. The summed E-state index contributed by atoms with van der Waals surface area (Å²) in [6.45, 7) is 0. The van der Waals surface area contributed by atoms with Crippen LogP contribution in [0.3, 0.4) is 0 Å². The summed E-state index contributed by atoms with van der Waals surface area (Å²) in [4.78, 5) is 12.2. The van der Waals surface area contributed by atoms with Gasteiger partial charge in [0.15, 0.2) is 17.7 Å². The Hall–Kier alpha value is -1.57. The molecule has 0 spiro atoms. The lowest BCUT2D eigenvalue weighted by Gasteiger charge is -2.24. The number of imidazole rings is 1. The van der Waals surface area contributed by atoms with Crippen LogP contribution in [-0.4, -0.2) is 61.3 Å². The maximum atomic E-state index is 10.7. The number of nitrogen functional groups attached to an aromatic ring is 1. The van der Waals surface area contributed by atoms with Crippen molar-refractivity contribution < 1.29 is 19.7 Å². The molecular formula is C18H19ClIN5O4. The number of aromatic nitrogens is 4. The number of nitrogens with two attached hydrogens (primary N) is 1. The fourth-order valence-corrected chi connectivity index (χ4v) is 4.33. The third kappa shape index (κ3) is 3.92. The molecule has 9 nitrogen and oxygen atoms in total. The molecule has 4 N–H and O–H groups in total. The molecule has 5 atom stereocenters. The lowest BCUT2D eigenvalue weighted by atomic mass is 9.99. The van der Waals surface area contributed by atoms with Gasteiger partial charge in [-0.2, -0.15) is 9.97 Å². The average molecular weight is 532 g/mol. The van der Waals surface area contributed by atoms with Gasteiger partial charge in [-0.1, -0.05) is 12.1 Å². The van der Waals surface area contributed by atoms with Crippen LogP contribution in [0.1, 0.15) is 11.8 Å². The molecule has 1 aliphatic rings. The molecule has 0 saturated carbocycles. The lowest BCUT2D eigenvalue weighted by Crippen LogP contribution is -2.40. The van der Waals surface area contributed by atoms with Gasteiger partial charge in [-0.25, -0.2) is 4.98 Å². The van der Waals surface area contributed by atoms with Gasteiger partial charge in [0.05, 0.1) is 12.4 Å². The molecule has 29 heavy (non-hydrogen) atoms. The van der Waals surface area contributed by atoms with E-state index in [0.29, 0.717) is 17.6 Å². The topological polar surface area (TPSA) is 129 Å². The molecule has 154 valence electrons. The highest BCUT2D eigenvalue weighted by atomic mass is 127. The number of hydrogen-bond donors (Lipinski definition) is 3. The van der Waals surface area contributed by atoms with Crippen LogP contribution in [0.25, 0.3) is 11.2 Å². The largest absolute Gasteiger partial charge is 0.387 e. The molecule has 1 unspecified atom stereocenters. The molecule has 1 aromatic carbocycles. The maximum Gasteiger partial charge on any atom is 0.226 e. The summed E-state index contributed by atoms with van der Waals surface area (Å²) in [6, 6.07) is 7.97. The van der Waals surface area contributed by atoms with E-state index in [2.05, 4.69) is 37.5 Å². The van der Waals surface area contributed by atoms with Crippen molar-refractivity contribution in [2.24, 2.45) is 0 Å². The smallest absolute Gasteiger partial charge is 0.226 e. The van der Waals surface area contributed by atoms with Crippen molar-refractivity contribution in [1.29, 1.82) is 0 Å². The number of rotatable bonds is 5. The molecule has 3 aromatic rings. The van der Waals surface area contributed by atoms with Crippen LogP contribution in [0.5, 0.6) is 0 Å². The van der Waals surface area contributed by atoms with E-state index in [-0.39, 0.29) is 11.1 Å². The third-order valence-corrected chi connectivity index (χ3v) is 5.81. The Bertz CT molecular complexity index is 1030. The second kappa shape index (κ2) is 8.28. The molecular weight excluding hydrogens is 513 g/mol. The highest BCUT2D eigenvalue weighted by Gasteiger charge is 2.47. The van der Waals surface area contributed by atoms with Gasteiger partial charge in [0.2, 0.25) is 5.28 Å². The van der Waals surface area contributed by atoms with Crippen molar-refractivity contribution in [2.45, 2.75) is 37.1 Å². The first-order chi connectivity index (χ1) is 13.9. The number of fused-ring (bicyclic) bond motifs is 1. The van der Waals surface area contributed by atoms with Gasteiger partial charge in [0, 0.05) is 17.1 Å². The van der Waals surface area contributed by atoms with Crippen LogP contribution >= 0.6 is 34.2 Å². The molecule has 3 heterocycles. The van der Waals surface area contributed by atoms with Crippen molar-refractivity contribution in [3.8, 4) is 0 Å². The Morgan fingerprint density at radius 3 is 2.86 bits per heavy atom. The number of nitrogens with zero attached hydrogens (tertiary/aromatic N) is 4. The minimum Gasteiger partial charge on any atom is -0.387 e. The van der Waals surface area contributed by atoms with Gasteiger partial charge in [0.25, 0.3) is 0 Å². The number of anilines is 1. The first-order valence-electron chi connectivity index (χ1n) is 8.83. The molecule has 4 rings (SSSR count). The Labute approximate surface area is 185 Å². The number of benzene rings is 1. The van der Waals surface area contributed by atoms with Gasteiger partial charge in [-0.05, 0) is 51.9 Å². The van der Waals surface area contributed by atoms with Crippen LogP contribution in [0, 0.1) is 3.57 Å². The number of methoxy groups -OCH3 is 1. The van der Waals surface area contributed by atoms with Gasteiger partial charge in [-0.3, -0.25) is 4.57 Å². The van der Waals surface area contributed by atoms with Gasteiger partial charge >= 0.3 is 0 Å². The predicted octanol–water partition coefficient (Wildman–Crippen LogP) is 1.54. The van der Waals surface area contributed by atoms with E-state index in [4.69, 9.17) is 26.8 Å². The first-order valence-corrected chi connectivity index (χ1v) is 10.3. The van der Waals surface area contributed by atoms with Crippen molar-refractivity contribution in [1.82, 2.24) is 19.5 Å². The predicted molar refractivity (Wildman–Crippen MR) is 114 cm³/mol. The number of aliphatic hydroxyl groups excluding tert-OH is 2. The van der Waals surface area contributed by atoms with E-state index in [0.717, 1.165) is 9.13 Å². The summed E-state index contributed by atoms with van der Waals surface area (Å²) in [6.07, 6.45) is -2.61. The summed E-state index contributed by atoms with van der Waals surface area (Å²) < 4.78 is 14.2. The number of aliphatic hydroxyl groups is 2. The molecule has 0 aliphatic carbocycles. The Balaban J connectivity index is 1.62. The molecule has 11 heteroatoms. The second-order valence-electron chi connectivity index (χ2n) is 6.78. The number of halogens is 2.